The molecule has 17 heavy (non-hydrogen) atoms. The summed E-state index contributed by atoms with van der Waals surface area (Å²) in [6.45, 7) is 3.73. The molecule has 2 rings (SSSR count). The first-order chi connectivity index (χ1) is 8.19. The molecule has 1 unspecified atom stereocenters. The minimum Gasteiger partial charge on any atom is -0.466 e. The van der Waals surface area contributed by atoms with Crippen LogP contribution in [0.4, 0.5) is 10.7 Å². The number of hydrogen-bond donors (Lipinski definition) is 2. The van der Waals surface area contributed by atoms with Crippen LogP contribution >= 0.6 is 0 Å². The first kappa shape index (κ1) is 11.7. The second-order valence-electron chi connectivity index (χ2n) is 4.29. The van der Waals surface area contributed by atoms with Gasteiger partial charge in [0.05, 0.1) is 7.11 Å². The minimum atomic E-state index is -0.143. The highest BCUT2D eigenvalue weighted by Gasteiger charge is 2.21. The van der Waals surface area contributed by atoms with Crippen molar-refractivity contribution in [2.45, 2.75) is 19.8 Å². The summed E-state index contributed by atoms with van der Waals surface area (Å²) in [4.78, 5) is 17.6. The molecule has 0 spiro atoms. The molecule has 1 aromatic heterocycles. The largest absolute Gasteiger partial charge is 0.466 e. The van der Waals surface area contributed by atoms with Gasteiger partial charge in [0.15, 0.2) is 0 Å². The summed E-state index contributed by atoms with van der Waals surface area (Å²) in [5, 5.41) is 9.01. The lowest BCUT2D eigenvalue weighted by molar-refractivity contribution is 0.182. The highest BCUT2D eigenvalue weighted by Crippen LogP contribution is 2.16. The maximum absolute atomic E-state index is 11.9. The van der Waals surface area contributed by atoms with E-state index in [0.29, 0.717) is 11.9 Å². The van der Waals surface area contributed by atoms with Gasteiger partial charge in [-0.05, 0) is 18.8 Å². The molecule has 1 atom stereocenters. The first-order valence-corrected chi connectivity index (χ1v) is 5.71. The number of nitrogens with zero attached hydrogens (tertiary/aromatic N) is 3. The Labute approximate surface area is 99.5 Å². The Morgan fingerprint density at radius 1 is 1.65 bits per heavy atom. The summed E-state index contributed by atoms with van der Waals surface area (Å²) in [5.41, 5.74) is 0. The third kappa shape index (κ3) is 2.86. The maximum Gasteiger partial charge on any atom is 0.336 e. The number of rotatable bonds is 2. The number of carbonyl (C=O) groups is 1. The molecule has 1 aromatic rings. The molecular weight excluding hydrogens is 222 g/mol. The van der Waals surface area contributed by atoms with E-state index in [0.717, 1.165) is 19.5 Å². The van der Waals surface area contributed by atoms with E-state index in [1.54, 1.807) is 4.90 Å². The SMILES string of the molecule is COc1n[nH]c(NC(=O)N2CCCC(C)C2)n1. The van der Waals surface area contributed by atoms with Crippen LogP contribution in [-0.4, -0.2) is 46.3 Å². The molecule has 7 heteroatoms. The van der Waals surface area contributed by atoms with Crippen LogP contribution in [0.15, 0.2) is 0 Å². The van der Waals surface area contributed by atoms with Gasteiger partial charge in [-0.3, -0.25) is 5.32 Å². The molecule has 1 saturated heterocycles. The summed E-state index contributed by atoms with van der Waals surface area (Å²) < 4.78 is 4.82. The molecule has 1 fully saturated rings. The zero-order valence-electron chi connectivity index (χ0n) is 10.1. The van der Waals surface area contributed by atoms with Crippen LogP contribution in [0.1, 0.15) is 19.8 Å². The van der Waals surface area contributed by atoms with Crippen LogP contribution in [0.5, 0.6) is 6.01 Å². The fourth-order valence-corrected chi connectivity index (χ4v) is 1.95. The predicted octanol–water partition coefficient (Wildman–Crippen LogP) is 1.08. The van der Waals surface area contributed by atoms with Crippen LogP contribution in [-0.2, 0) is 0 Å². The summed E-state index contributed by atoms with van der Waals surface area (Å²) in [6.07, 6.45) is 2.23. The summed E-state index contributed by atoms with van der Waals surface area (Å²) in [6, 6.07) is 0.0719. The molecule has 0 aliphatic carbocycles. The van der Waals surface area contributed by atoms with Gasteiger partial charge in [-0.25, -0.2) is 9.89 Å². The molecule has 2 heterocycles. The van der Waals surface area contributed by atoms with Crippen molar-refractivity contribution in [1.29, 1.82) is 0 Å². The molecule has 1 aliphatic heterocycles. The molecule has 94 valence electrons. The van der Waals surface area contributed by atoms with E-state index in [2.05, 4.69) is 27.4 Å². The molecule has 0 radical (unpaired) electrons. The smallest absolute Gasteiger partial charge is 0.336 e. The number of methoxy groups -OCH3 is 1. The van der Waals surface area contributed by atoms with E-state index in [9.17, 15) is 4.79 Å². The number of H-pyrrole nitrogens is 1. The van der Waals surface area contributed by atoms with Crippen molar-refractivity contribution in [2.24, 2.45) is 5.92 Å². The number of likely N-dealkylation sites (tertiary alicyclic amines) is 1. The number of nitrogens with one attached hydrogen (secondary N) is 2. The van der Waals surface area contributed by atoms with Gasteiger partial charge in [0, 0.05) is 13.1 Å². The van der Waals surface area contributed by atoms with Crippen LogP contribution in [0, 0.1) is 5.92 Å². The lowest BCUT2D eigenvalue weighted by atomic mass is 10.0. The molecule has 0 saturated carbocycles. The number of carbonyl (C=O) groups excluding carboxylic acids is 1. The summed E-state index contributed by atoms with van der Waals surface area (Å²) in [7, 11) is 1.47. The van der Waals surface area contributed by atoms with Gasteiger partial charge in [-0.1, -0.05) is 6.92 Å². The van der Waals surface area contributed by atoms with Crippen molar-refractivity contribution in [3.63, 3.8) is 0 Å². The second kappa shape index (κ2) is 5.03. The normalized spacial score (nSPS) is 20.1. The van der Waals surface area contributed by atoms with Crippen molar-refractivity contribution >= 4 is 12.0 Å². The Morgan fingerprint density at radius 3 is 3.12 bits per heavy atom. The lowest BCUT2D eigenvalue weighted by Crippen LogP contribution is -2.41. The van der Waals surface area contributed by atoms with Gasteiger partial charge in [0.1, 0.15) is 0 Å². The molecular formula is C10H17N5O2. The summed E-state index contributed by atoms with van der Waals surface area (Å²) >= 11 is 0. The van der Waals surface area contributed by atoms with Crippen molar-refractivity contribution in [2.75, 3.05) is 25.5 Å². The van der Waals surface area contributed by atoms with Crippen LogP contribution < -0.4 is 10.1 Å². The van der Waals surface area contributed by atoms with Crippen LogP contribution in [0.2, 0.25) is 0 Å². The van der Waals surface area contributed by atoms with E-state index in [-0.39, 0.29) is 12.0 Å². The fraction of sp³-hybridized carbons (Fsp3) is 0.700. The predicted molar refractivity (Wildman–Crippen MR) is 61.9 cm³/mol. The molecule has 1 aliphatic rings. The number of amides is 2. The van der Waals surface area contributed by atoms with E-state index >= 15 is 0 Å². The Balaban J connectivity index is 1.91. The quantitative estimate of drug-likeness (QED) is 0.808. The molecule has 0 aromatic carbocycles. The van der Waals surface area contributed by atoms with Crippen LogP contribution in [0.3, 0.4) is 0 Å². The number of aromatic amines is 1. The van der Waals surface area contributed by atoms with Crippen molar-refractivity contribution in [1.82, 2.24) is 20.1 Å². The van der Waals surface area contributed by atoms with E-state index in [1.807, 2.05) is 0 Å². The minimum absolute atomic E-state index is 0.143. The third-order valence-corrected chi connectivity index (χ3v) is 2.82. The van der Waals surface area contributed by atoms with Gasteiger partial charge in [-0.2, -0.15) is 4.98 Å². The van der Waals surface area contributed by atoms with E-state index in [1.165, 1.54) is 13.5 Å². The summed E-state index contributed by atoms with van der Waals surface area (Å²) in [5.74, 6) is 0.865. The fourth-order valence-electron chi connectivity index (χ4n) is 1.95. The standard InChI is InChI=1S/C10H17N5O2/c1-7-4-3-5-15(6-7)10(16)12-8-11-9(17-2)14-13-8/h7H,3-6H2,1-2H3,(H2,11,12,13,14,16). The number of urea groups is 1. The third-order valence-electron chi connectivity index (χ3n) is 2.82. The Hall–Kier alpha value is -1.79. The highest BCUT2D eigenvalue weighted by atomic mass is 16.5. The number of anilines is 1. The van der Waals surface area contributed by atoms with Crippen molar-refractivity contribution < 1.29 is 9.53 Å². The molecule has 7 nitrogen and oxygen atoms in total. The highest BCUT2D eigenvalue weighted by molar-refractivity contribution is 5.87. The molecule has 2 amide bonds. The van der Waals surface area contributed by atoms with Crippen molar-refractivity contribution in [3.8, 4) is 6.01 Å². The zero-order valence-corrected chi connectivity index (χ0v) is 10.1. The van der Waals surface area contributed by atoms with Crippen LogP contribution in [0.25, 0.3) is 0 Å². The topological polar surface area (TPSA) is 83.1 Å². The Bertz CT molecular complexity index is 392. The van der Waals surface area contributed by atoms with Gasteiger partial charge in [0.2, 0.25) is 5.95 Å². The van der Waals surface area contributed by atoms with Gasteiger partial charge < -0.3 is 9.64 Å². The van der Waals surface area contributed by atoms with E-state index in [4.69, 9.17) is 4.74 Å². The van der Waals surface area contributed by atoms with Gasteiger partial charge in [-0.15, -0.1) is 5.10 Å². The monoisotopic (exact) mass is 239 g/mol. The average molecular weight is 239 g/mol. The van der Waals surface area contributed by atoms with E-state index < -0.39 is 0 Å². The number of piperidine rings is 1. The number of aromatic nitrogens is 3. The zero-order chi connectivity index (χ0) is 12.3. The lowest BCUT2D eigenvalue weighted by Gasteiger charge is -2.30. The second-order valence-corrected chi connectivity index (χ2v) is 4.29. The molecule has 0 bridgehead atoms. The number of hydrogen-bond acceptors (Lipinski definition) is 4. The Kier molecular flexibility index (Phi) is 3.46. The average Bonchev–Trinajstić information content (AvgIpc) is 2.77. The maximum atomic E-state index is 11.9. The number of ether oxygens (including phenoxy) is 1. The molecule has 2 N–H and O–H groups in total. The first-order valence-electron chi connectivity index (χ1n) is 5.71. The van der Waals surface area contributed by atoms with Crippen molar-refractivity contribution in [3.05, 3.63) is 0 Å². The van der Waals surface area contributed by atoms with Gasteiger partial charge in [0.25, 0.3) is 0 Å². The van der Waals surface area contributed by atoms with Gasteiger partial charge >= 0.3 is 12.0 Å². The Morgan fingerprint density at radius 2 is 2.47 bits per heavy atom.